The number of rotatable bonds is 8. The fourth-order valence-corrected chi connectivity index (χ4v) is 2.69. The first-order valence-electron chi connectivity index (χ1n) is 8.18. The van der Waals surface area contributed by atoms with Crippen LogP contribution in [0.25, 0.3) is 0 Å². The number of hydrogen-bond acceptors (Lipinski definition) is 2. The third-order valence-corrected chi connectivity index (χ3v) is 3.79. The van der Waals surface area contributed by atoms with E-state index in [0.717, 1.165) is 11.7 Å². The SMILES string of the molecule is CCNC(=NCCCN(C)CC(F)(F)F)N(C)Cc1cc(Cl)cn1C.I. The Balaban J connectivity index is 0.00000625. The third kappa shape index (κ3) is 9.86. The molecule has 0 bridgehead atoms. The molecule has 0 aromatic carbocycles. The number of aliphatic imine (C=N–C) groups is 1. The maximum atomic E-state index is 12.3. The van der Waals surface area contributed by atoms with E-state index in [1.807, 2.05) is 42.7 Å². The average molecular weight is 510 g/mol. The molecule has 152 valence electrons. The molecule has 5 nitrogen and oxygen atoms in total. The smallest absolute Gasteiger partial charge is 0.357 e. The molecule has 0 aliphatic heterocycles. The van der Waals surface area contributed by atoms with E-state index in [2.05, 4.69) is 10.3 Å². The van der Waals surface area contributed by atoms with Crippen molar-refractivity contribution in [3.8, 4) is 0 Å². The van der Waals surface area contributed by atoms with Gasteiger partial charge < -0.3 is 14.8 Å². The van der Waals surface area contributed by atoms with E-state index < -0.39 is 12.7 Å². The molecular formula is C16H28ClF3IN5. The summed E-state index contributed by atoms with van der Waals surface area (Å²) in [5, 5.41) is 3.88. The van der Waals surface area contributed by atoms with Gasteiger partial charge in [0, 0.05) is 39.1 Å². The van der Waals surface area contributed by atoms with Gasteiger partial charge in [-0.25, -0.2) is 0 Å². The van der Waals surface area contributed by atoms with Crippen molar-refractivity contribution in [3.05, 3.63) is 23.0 Å². The zero-order valence-electron chi connectivity index (χ0n) is 15.6. The lowest BCUT2D eigenvalue weighted by Gasteiger charge is -2.22. The number of hydrogen-bond donors (Lipinski definition) is 1. The quantitative estimate of drug-likeness (QED) is 0.252. The predicted molar refractivity (Wildman–Crippen MR) is 111 cm³/mol. The minimum Gasteiger partial charge on any atom is -0.357 e. The van der Waals surface area contributed by atoms with Crippen molar-refractivity contribution < 1.29 is 13.2 Å². The normalized spacial score (nSPS) is 12.3. The number of guanidine groups is 1. The van der Waals surface area contributed by atoms with E-state index in [4.69, 9.17) is 11.6 Å². The third-order valence-electron chi connectivity index (χ3n) is 3.58. The second kappa shape index (κ2) is 11.9. The number of alkyl halides is 3. The first-order valence-corrected chi connectivity index (χ1v) is 8.55. The van der Waals surface area contributed by atoms with Gasteiger partial charge in [0.05, 0.1) is 18.1 Å². The van der Waals surface area contributed by atoms with Crippen LogP contribution in [-0.2, 0) is 13.6 Å². The second-order valence-corrected chi connectivity index (χ2v) is 6.50. The lowest BCUT2D eigenvalue weighted by atomic mass is 10.4. The average Bonchev–Trinajstić information content (AvgIpc) is 2.78. The van der Waals surface area contributed by atoms with Crippen LogP contribution in [0.15, 0.2) is 17.3 Å². The molecule has 0 aliphatic rings. The van der Waals surface area contributed by atoms with Crippen molar-refractivity contribution in [2.24, 2.45) is 12.0 Å². The molecule has 1 heterocycles. The minimum atomic E-state index is -4.16. The van der Waals surface area contributed by atoms with Crippen molar-refractivity contribution >= 4 is 41.5 Å². The highest BCUT2D eigenvalue weighted by Gasteiger charge is 2.28. The van der Waals surface area contributed by atoms with Gasteiger partial charge in [-0.1, -0.05) is 11.6 Å². The van der Waals surface area contributed by atoms with Gasteiger partial charge in [-0.3, -0.25) is 9.89 Å². The number of nitrogens with one attached hydrogen (secondary N) is 1. The van der Waals surface area contributed by atoms with Crippen LogP contribution >= 0.6 is 35.6 Å². The number of halogens is 5. The van der Waals surface area contributed by atoms with Gasteiger partial charge in [0.15, 0.2) is 5.96 Å². The standard InChI is InChI=1S/C16H27ClF3N5.HI/c1-5-21-15(22-7-6-8-23(2)12-16(18,19)20)25(4)11-14-9-13(17)10-24(14)3;/h9-10H,5-8,11-12H2,1-4H3,(H,21,22);1H. The van der Waals surface area contributed by atoms with Gasteiger partial charge in [0.1, 0.15) is 0 Å². The van der Waals surface area contributed by atoms with Crippen LogP contribution in [0.2, 0.25) is 5.02 Å². The Hall–Kier alpha value is -0.680. The number of nitrogens with zero attached hydrogens (tertiary/aromatic N) is 4. The maximum absolute atomic E-state index is 12.3. The van der Waals surface area contributed by atoms with Crippen LogP contribution in [-0.4, -0.2) is 66.8 Å². The molecule has 0 unspecified atom stereocenters. The summed E-state index contributed by atoms with van der Waals surface area (Å²) in [6.45, 7) is 3.22. The van der Waals surface area contributed by atoms with Crippen molar-refractivity contribution in [1.82, 2.24) is 19.7 Å². The van der Waals surface area contributed by atoms with Gasteiger partial charge >= 0.3 is 6.18 Å². The second-order valence-electron chi connectivity index (χ2n) is 6.06. The summed E-state index contributed by atoms with van der Waals surface area (Å²) in [6.07, 6.45) is -1.76. The van der Waals surface area contributed by atoms with Crippen molar-refractivity contribution in [3.63, 3.8) is 0 Å². The molecule has 1 aromatic rings. The minimum absolute atomic E-state index is 0. The van der Waals surface area contributed by atoms with Crippen LogP contribution in [0.3, 0.4) is 0 Å². The highest BCUT2D eigenvalue weighted by atomic mass is 127. The van der Waals surface area contributed by atoms with Gasteiger partial charge in [0.25, 0.3) is 0 Å². The molecule has 26 heavy (non-hydrogen) atoms. The van der Waals surface area contributed by atoms with Crippen molar-refractivity contribution in [1.29, 1.82) is 0 Å². The molecule has 0 radical (unpaired) electrons. The summed E-state index contributed by atoms with van der Waals surface area (Å²) in [7, 11) is 5.31. The molecule has 0 aliphatic carbocycles. The van der Waals surface area contributed by atoms with E-state index in [9.17, 15) is 13.2 Å². The Morgan fingerprint density at radius 1 is 1.35 bits per heavy atom. The fraction of sp³-hybridized carbons (Fsp3) is 0.688. The monoisotopic (exact) mass is 509 g/mol. The van der Waals surface area contributed by atoms with Gasteiger partial charge in [-0.15, -0.1) is 24.0 Å². The van der Waals surface area contributed by atoms with E-state index in [0.29, 0.717) is 37.6 Å². The Morgan fingerprint density at radius 3 is 2.50 bits per heavy atom. The molecule has 10 heteroatoms. The molecular weight excluding hydrogens is 482 g/mol. The Morgan fingerprint density at radius 2 is 2.00 bits per heavy atom. The zero-order valence-corrected chi connectivity index (χ0v) is 18.7. The molecule has 0 fully saturated rings. The van der Waals surface area contributed by atoms with Gasteiger partial charge in [0.2, 0.25) is 0 Å². The van der Waals surface area contributed by atoms with Crippen molar-refractivity contribution in [2.45, 2.75) is 26.1 Å². The lowest BCUT2D eigenvalue weighted by Crippen LogP contribution is -2.39. The van der Waals surface area contributed by atoms with Crippen LogP contribution in [0, 0.1) is 0 Å². The summed E-state index contributed by atoms with van der Waals surface area (Å²) in [5.41, 5.74) is 1.04. The molecule has 1 aromatic heterocycles. The summed E-state index contributed by atoms with van der Waals surface area (Å²) < 4.78 is 38.8. The Bertz CT molecular complexity index is 563. The highest BCUT2D eigenvalue weighted by molar-refractivity contribution is 14.0. The molecule has 1 N–H and O–H groups in total. The van der Waals surface area contributed by atoms with Gasteiger partial charge in [-0.2, -0.15) is 13.2 Å². The summed E-state index contributed by atoms with van der Waals surface area (Å²) in [5.74, 6) is 0.721. The van der Waals surface area contributed by atoms with Crippen LogP contribution in [0.1, 0.15) is 19.0 Å². The molecule has 1 rings (SSSR count). The number of aromatic nitrogens is 1. The summed E-state index contributed by atoms with van der Waals surface area (Å²) in [6, 6.07) is 1.90. The molecule has 0 spiro atoms. The number of aryl methyl sites for hydroxylation is 1. The van der Waals surface area contributed by atoms with E-state index in [1.165, 1.54) is 11.9 Å². The maximum Gasteiger partial charge on any atom is 0.401 e. The van der Waals surface area contributed by atoms with E-state index >= 15 is 0 Å². The summed E-state index contributed by atoms with van der Waals surface area (Å²) >= 11 is 6.00. The zero-order chi connectivity index (χ0) is 19.0. The molecule has 0 saturated carbocycles. The van der Waals surface area contributed by atoms with Crippen LogP contribution in [0.4, 0.5) is 13.2 Å². The lowest BCUT2D eigenvalue weighted by molar-refractivity contribution is -0.143. The van der Waals surface area contributed by atoms with E-state index in [1.54, 1.807) is 0 Å². The first kappa shape index (κ1) is 25.3. The van der Waals surface area contributed by atoms with Crippen molar-refractivity contribution in [2.75, 3.05) is 40.3 Å². The largest absolute Gasteiger partial charge is 0.401 e. The topological polar surface area (TPSA) is 35.8 Å². The molecule has 0 amide bonds. The highest BCUT2D eigenvalue weighted by Crippen LogP contribution is 2.16. The first-order chi connectivity index (χ1) is 11.6. The summed E-state index contributed by atoms with van der Waals surface area (Å²) in [4.78, 5) is 7.72. The fourth-order valence-electron chi connectivity index (χ4n) is 2.42. The predicted octanol–water partition coefficient (Wildman–Crippen LogP) is 3.58. The van der Waals surface area contributed by atoms with Gasteiger partial charge in [-0.05, 0) is 33.0 Å². The molecule has 0 saturated heterocycles. The van der Waals surface area contributed by atoms with Crippen LogP contribution in [0.5, 0.6) is 0 Å². The molecule has 0 atom stereocenters. The van der Waals surface area contributed by atoms with Crippen LogP contribution < -0.4 is 5.32 Å². The Kier molecular flexibility index (Phi) is 11.6. The Labute approximate surface area is 175 Å². The van der Waals surface area contributed by atoms with E-state index in [-0.39, 0.29) is 24.0 Å².